The number of benzene rings is 3. The van der Waals surface area contributed by atoms with Crippen LogP contribution in [0.15, 0.2) is 54.6 Å². The third kappa shape index (κ3) is 4.51. The molecular formula is C27H28Cl3F. The molecule has 0 amide bonds. The maximum Gasteiger partial charge on any atom is 0.127 e. The van der Waals surface area contributed by atoms with Gasteiger partial charge in [-0.2, -0.15) is 0 Å². The fraction of sp³-hybridized carbons (Fsp3) is 0.333. The molecule has 0 fully saturated rings. The van der Waals surface area contributed by atoms with Crippen molar-refractivity contribution >= 4 is 34.8 Å². The minimum absolute atomic E-state index is 0.267. The fourth-order valence-electron chi connectivity index (χ4n) is 4.09. The van der Waals surface area contributed by atoms with Crippen molar-refractivity contribution in [1.82, 2.24) is 0 Å². The van der Waals surface area contributed by atoms with Crippen molar-refractivity contribution in [3.8, 4) is 0 Å². The van der Waals surface area contributed by atoms with E-state index in [0.29, 0.717) is 21.5 Å². The summed E-state index contributed by atoms with van der Waals surface area (Å²) in [5, 5.41) is 1.67. The molecule has 0 aliphatic rings. The first-order chi connectivity index (χ1) is 14.4. The second-order valence-electron chi connectivity index (χ2n) is 9.44. The van der Waals surface area contributed by atoms with Crippen molar-refractivity contribution in [2.45, 2.75) is 58.3 Å². The average Bonchev–Trinajstić information content (AvgIpc) is 2.69. The Labute approximate surface area is 200 Å². The van der Waals surface area contributed by atoms with Gasteiger partial charge in [0.25, 0.3) is 0 Å². The second-order valence-corrected chi connectivity index (χ2v) is 10.6. The van der Waals surface area contributed by atoms with Gasteiger partial charge in [0.2, 0.25) is 0 Å². The Bertz CT molecular complexity index is 1110. The molecule has 0 nitrogen and oxygen atoms in total. The molecule has 0 radical (unpaired) electrons. The highest BCUT2D eigenvalue weighted by molar-refractivity contribution is 6.42. The Morgan fingerprint density at radius 1 is 0.710 bits per heavy atom. The predicted molar refractivity (Wildman–Crippen MR) is 133 cm³/mol. The molecule has 0 N–H and O–H groups in total. The van der Waals surface area contributed by atoms with Crippen molar-refractivity contribution in [3.63, 3.8) is 0 Å². The summed E-state index contributed by atoms with van der Waals surface area (Å²) in [6.07, 6.45) is 0. The average molecular weight is 478 g/mol. The van der Waals surface area contributed by atoms with Crippen LogP contribution in [0.4, 0.5) is 4.39 Å². The van der Waals surface area contributed by atoms with E-state index in [1.54, 1.807) is 12.1 Å². The molecule has 4 heteroatoms. The number of hydrogen-bond donors (Lipinski definition) is 0. The summed E-state index contributed by atoms with van der Waals surface area (Å²) in [7, 11) is 0. The van der Waals surface area contributed by atoms with E-state index in [1.807, 2.05) is 44.2 Å². The molecule has 0 heterocycles. The Hall–Kier alpha value is -1.54. The summed E-state index contributed by atoms with van der Waals surface area (Å²) in [4.78, 5) is 0. The molecule has 0 unspecified atom stereocenters. The zero-order valence-electron chi connectivity index (χ0n) is 18.8. The lowest BCUT2D eigenvalue weighted by Gasteiger charge is -2.31. The van der Waals surface area contributed by atoms with Gasteiger partial charge < -0.3 is 0 Å². The Kier molecular flexibility index (Phi) is 6.82. The van der Waals surface area contributed by atoms with Crippen LogP contribution in [0.3, 0.4) is 0 Å². The third-order valence-electron chi connectivity index (χ3n) is 6.33. The van der Waals surface area contributed by atoms with E-state index in [9.17, 15) is 0 Å². The van der Waals surface area contributed by atoms with E-state index >= 15 is 4.39 Å². The zero-order valence-corrected chi connectivity index (χ0v) is 21.1. The predicted octanol–water partition coefficient (Wildman–Crippen LogP) is 9.56. The smallest absolute Gasteiger partial charge is 0.127 e. The maximum atomic E-state index is 15.5. The van der Waals surface area contributed by atoms with Crippen molar-refractivity contribution in [1.29, 1.82) is 0 Å². The highest BCUT2D eigenvalue weighted by Gasteiger charge is 2.31. The van der Waals surface area contributed by atoms with Crippen LogP contribution in [0.1, 0.15) is 75.3 Å². The van der Waals surface area contributed by atoms with E-state index in [2.05, 4.69) is 39.8 Å². The van der Waals surface area contributed by atoms with Crippen LogP contribution < -0.4 is 0 Å². The lowest BCUT2D eigenvalue weighted by molar-refractivity contribution is 0.540. The number of rotatable bonds is 5. The minimum atomic E-state index is -0.642. The van der Waals surface area contributed by atoms with Crippen LogP contribution in [-0.2, 0) is 10.8 Å². The lowest BCUT2D eigenvalue weighted by Crippen LogP contribution is -2.24. The molecule has 0 aliphatic carbocycles. The van der Waals surface area contributed by atoms with Crippen LogP contribution >= 0.6 is 34.8 Å². The van der Waals surface area contributed by atoms with Crippen LogP contribution in [-0.4, -0.2) is 0 Å². The molecule has 3 aromatic carbocycles. The van der Waals surface area contributed by atoms with Crippen molar-refractivity contribution in [2.75, 3.05) is 0 Å². The van der Waals surface area contributed by atoms with Gasteiger partial charge in [0, 0.05) is 15.9 Å². The zero-order chi connectivity index (χ0) is 23.1. The highest BCUT2D eigenvalue weighted by Crippen LogP contribution is 2.41. The molecule has 3 rings (SSSR count). The molecule has 164 valence electrons. The third-order valence-corrected chi connectivity index (χ3v) is 7.48. The van der Waals surface area contributed by atoms with Crippen molar-refractivity contribution < 1.29 is 4.39 Å². The molecule has 0 spiro atoms. The quantitative estimate of drug-likeness (QED) is 0.343. The van der Waals surface area contributed by atoms with E-state index in [-0.39, 0.29) is 5.82 Å². The SMILES string of the molecule is CC(C)c1ccc(C(C)(C)c2ccc(C(C)(C)c3cccc(Cl)c3Cl)c(F)c2)cc1Cl. The summed E-state index contributed by atoms with van der Waals surface area (Å²) in [6, 6.07) is 17.1. The maximum absolute atomic E-state index is 15.5. The summed E-state index contributed by atoms with van der Waals surface area (Å²) in [5.74, 6) is 0.0819. The van der Waals surface area contributed by atoms with E-state index in [1.165, 1.54) is 0 Å². The lowest BCUT2D eigenvalue weighted by atomic mass is 9.74. The van der Waals surface area contributed by atoms with E-state index < -0.39 is 10.8 Å². The monoisotopic (exact) mass is 476 g/mol. The first kappa shape index (κ1) is 24.1. The van der Waals surface area contributed by atoms with Gasteiger partial charge in [-0.3, -0.25) is 0 Å². The second kappa shape index (κ2) is 8.77. The van der Waals surface area contributed by atoms with Gasteiger partial charge in [0.15, 0.2) is 0 Å². The topological polar surface area (TPSA) is 0 Å². The van der Waals surface area contributed by atoms with Crippen LogP contribution in [0.5, 0.6) is 0 Å². The Morgan fingerprint density at radius 2 is 1.32 bits per heavy atom. The molecule has 0 saturated carbocycles. The first-order valence-electron chi connectivity index (χ1n) is 10.4. The highest BCUT2D eigenvalue weighted by atomic mass is 35.5. The van der Waals surface area contributed by atoms with Gasteiger partial charge in [0.1, 0.15) is 5.82 Å². The Morgan fingerprint density at radius 3 is 1.90 bits per heavy atom. The number of halogens is 4. The molecule has 0 atom stereocenters. The summed E-state index contributed by atoms with van der Waals surface area (Å²) in [6.45, 7) is 12.3. The van der Waals surface area contributed by atoms with E-state index in [0.717, 1.165) is 27.3 Å². The van der Waals surface area contributed by atoms with Gasteiger partial charge in [-0.05, 0) is 51.9 Å². The first-order valence-corrected chi connectivity index (χ1v) is 11.6. The Balaban J connectivity index is 2.03. The largest absolute Gasteiger partial charge is 0.207 e. The van der Waals surface area contributed by atoms with Crippen molar-refractivity contribution in [3.05, 3.63) is 103 Å². The van der Waals surface area contributed by atoms with Gasteiger partial charge in [-0.25, -0.2) is 4.39 Å². The molecule has 0 aromatic heterocycles. The molecule has 31 heavy (non-hydrogen) atoms. The van der Waals surface area contributed by atoms with Crippen LogP contribution in [0.25, 0.3) is 0 Å². The van der Waals surface area contributed by atoms with Gasteiger partial charge in [0.05, 0.1) is 10.0 Å². The fourth-order valence-corrected chi connectivity index (χ4v) is 5.03. The molecule has 3 aromatic rings. The normalized spacial score (nSPS) is 12.5. The molecule has 0 aliphatic heterocycles. The van der Waals surface area contributed by atoms with E-state index in [4.69, 9.17) is 34.8 Å². The van der Waals surface area contributed by atoms with Gasteiger partial charge in [-0.15, -0.1) is 0 Å². The van der Waals surface area contributed by atoms with Crippen molar-refractivity contribution in [2.24, 2.45) is 0 Å². The molecular weight excluding hydrogens is 450 g/mol. The summed E-state index contributed by atoms with van der Waals surface area (Å²) >= 11 is 19.2. The van der Waals surface area contributed by atoms with Gasteiger partial charge in [-0.1, -0.05) is 113 Å². The standard InChI is InChI=1S/C27H28Cl3F/c1-16(2)19-12-10-17(14-23(19)29)26(3,4)18-11-13-20(24(31)15-18)27(5,6)21-8-7-9-22(28)25(21)30/h7-16H,1-6H3. The van der Waals surface area contributed by atoms with Gasteiger partial charge >= 0.3 is 0 Å². The molecule has 0 bridgehead atoms. The van der Waals surface area contributed by atoms with Crippen LogP contribution in [0, 0.1) is 5.82 Å². The molecule has 0 saturated heterocycles. The van der Waals surface area contributed by atoms with Crippen LogP contribution in [0.2, 0.25) is 15.1 Å². The number of hydrogen-bond acceptors (Lipinski definition) is 0. The minimum Gasteiger partial charge on any atom is -0.207 e. The summed E-state index contributed by atoms with van der Waals surface area (Å²) in [5.41, 5.74) is 3.37. The summed E-state index contributed by atoms with van der Waals surface area (Å²) < 4.78 is 15.5.